The van der Waals surface area contributed by atoms with Gasteiger partial charge in [0.1, 0.15) is 11.6 Å². The molecule has 1 saturated heterocycles. The topological polar surface area (TPSA) is 41.0 Å². The maximum atomic E-state index is 4.47. The Hall–Kier alpha value is -1.16. The van der Waals surface area contributed by atoms with Crippen molar-refractivity contribution < 1.29 is 0 Å². The zero-order valence-electron chi connectivity index (χ0n) is 10.1. The van der Waals surface area contributed by atoms with E-state index in [2.05, 4.69) is 27.1 Å². The van der Waals surface area contributed by atoms with Gasteiger partial charge in [0.05, 0.1) is 0 Å². The molecule has 1 unspecified atom stereocenters. The standard InChI is InChI=1S/C12H20N4/c1-3-16(9-11-5-4-7-14-11)12-6-8-13-10(2)15-12/h6,8,11,14H,3-5,7,9H2,1-2H3. The lowest BCUT2D eigenvalue weighted by Gasteiger charge is -2.25. The van der Waals surface area contributed by atoms with Crippen LogP contribution in [0.15, 0.2) is 12.3 Å². The molecule has 0 radical (unpaired) electrons. The Balaban J connectivity index is 2.03. The zero-order chi connectivity index (χ0) is 11.4. The van der Waals surface area contributed by atoms with Crippen LogP contribution in [0.3, 0.4) is 0 Å². The fraction of sp³-hybridized carbons (Fsp3) is 0.667. The molecule has 1 aromatic heterocycles. The van der Waals surface area contributed by atoms with Crippen molar-refractivity contribution in [3.8, 4) is 0 Å². The smallest absolute Gasteiger partial charge is 0.132 e. The highest BCUT2D eigenvalue weighted by Gasteiger charge is 2.17. The van der Waals surface area contributed by atoms with E-state index in [1.165, 1.54) is 12.8 Å². The van der Waals surface area contributed by atoms with E-state index in [-0.39, 0.29) is 0 Å². The van der Waals surface area contributed by atoms with Crippen molar-refractivity contribution in [2.45, 2.75) is 32.7 Å². The molecule has 16 heavy (non-hydrogen) atoms. The van der Waals surface area contributed by atoms with Crippen LogP contribution in [-0.2, 0) is 0 Å². The number of likely N-dealkylation sites (N-methyl/N-ethyl adjacent to an activating group) is 1. The summed E-state index contributed by atoms with van der Waals surface area (Å²) in [6, 6.07) is 2.61. The molecule has 2 heterocycles. The van der Waals surface area contributed by atoms with Gasteiger partial charge in [0.25, 0.3) is 0 Å². The number of anilines is 1. The number of hydrogen-bond donors (Lipinski definition) is 1. The van der Waals surface area contributed by atoms with Gasteiger partial charge in [-0.1, -0.05) is 0 Å². The Bertz CT molecular complexity index is 334. The average molecular weight is 220 g/mol. The van der Waals surface area contributed by atoms with Crippen LogP contribution in [0.25, 0.3) is 0 Å². The van der Waals surface area contributed by atoms with Crippen molar-refractivity contribution in [3.05, 3.63) is 18.1 Å². The van der Waals surface area contributed by atoms with Crippen LogP contribution in [-0.4, -0.2) is 35.6 Å². The van der Waals surface area contributed by atoms with E-state index in [4.69, 9.17) is 0 Å². The van der Waals surface area contributed by atoms with Gasteiger partial charge in [-0.15, -0.1) is 0 Å². The first-order valence-electron chi connectivity index (χ1n) is 6.07. The number of aromatic nitrogens is 2. The van der Waals surface area contributed by atoms with Crippen LogP contribution >= 0.6 is 0 Å². The Morgan fingerprint density at radius 1 is 1.56 bits per heavy atom. The fourth-order valence-corrected chi connectivity index (χ4v) is 2.18. The molecule has 88 valence electrons. The summed E-state index contributed by atoms with van der Waals surface area (Å²) in [5.74, 6) is 1.89. The minimum absolute atomic E-state index is 0.621. The molecule has 4 nitrogen and oxygen atoms in total. The first-order valence-corrected chi connectivity index (χ1v) is 6.07. The number of hydrogen-bond acceptors (Lipinski definition) is 4. The number of rotatable bonds is 4. The maximum absolute atomic E-state index is 4.47. The summed E-state index contributed by atoms with van der Waals surface area (Å²) in [5.41, 5.74) is 0. The van der Waals surface area contributed by atoms with Crippen molar-refractivity contribution in [1.82, 2.24) is 15.3 Å². The highest BCUT2D eigenvalue weighted by atomic mass is 15.2. The largest absolute Gasteiger partial charge is 0.355 e. The normalized spacial score (nSPS) is 20.0. The second-order valence-electron chi connectivity index (χ2n) is 4.29. The zero-order valence-corrected chi connectivity index (χ0v) is 10.1. The molecule has 0 aliphatic carbocycles. The molecule has 0 bridgehead atoms. The van der Waals surface area contributed by atoms with Gasteiger partial charge in [0.15, 0.2) is 0 Å². The van der Waals surface area contributed by atoms with Crippen LogP contribution in [0.1, 0.15) is 25.6 Å². The quantitative estimate of drug-likeness (QED) is 0.832. The molecule has 1 atom stereocenters. The minimum atomic E-state index is 0.621. The van der Waals surface area contributed by atoms with Crippen molar-refractivity contribution in [1.29, 1.82) is 0 Å². The Morgan fingerprint density at radius 2 is 2.44 bits per heavy atom. The predicted molar refractivity (Wildman–Crippen MR) is 65.7 cm³/mol. The molecule has 1 aliphatic rings. The van der Waals surface area contributed by atoms with Gasteiger partial charge in [-0.2, -0.15) is 0 Å². The lowest BCUT2D eigenvalue weighted by molar-refractivity contribution is 0.583. The van der Waals surface area contributed by atoms with Gasteiger partial charge in [0, 0.05) is 25.3 Å². The van der Waals surface area contributed by atoms with E-state index in [1.54, 1.807) is 0 Å². The molecular formula is C12H20N4. The molecule has 1 aliphatic heterocycles. The highest BCUT2D eigenvalue weighted by molar-refractivity contribution is 5.37. The van der Waals surface area contributed by atoms with Gasteiger partial charge in [0.2, 0.25) is 0 Å². The second-order valence-corrected chi connectivity index (χ2v) is 4.29. The highest BCUT2D eigenvalue weighted by Crippen LogP contribution is 2.13. The summed E-state index contributed by atoms with van der Waals surface area (Å²) in [6.07, 6.45) is 4.41. The predicted octanol–water partition coefficient (Wildman–Crippen LogP) is 1.36. The summed E-state index contributed by atoms with van der Waals surface area (Å²) in [5, 5.41) is 3.52. The minimum Gasteiger partial charge on any atom is -0.355 e. The fourth-order valence-electron chi connectivity index (χ4n) is 2.18. The van der Waals surface area contributed by atoms with Crippen LogP contribution < -0.4 is 10.2 Å². The first-order chi connectivity index (χ1) is 7.79. The number of nitrogens with zero attached hydrogens (tertiary/aromatic N) is 3. The van der Waals surface area contributed by atoms with Gasteiger partial charge >= 0.3 is 0 Å². The summed E-state index contributed by atoms with van der Waals surface area (Å²) >= 11 is 0. The molecule has 1 fully saturated rings. The van der Waals surface area contributed by atoms with E-state index < -0.39 is 0 Å². The third kappa shape index (κ3) is 2.70. The molecule has 0 amide bonds. The number of aryl methyl sites for hydroxylation is 1. The van der Waals surface area contributed by atoms with Crippen molar-refractivity contribution in [2.75, 3.05) is 24.5 Å². The van der Waals surface area contributed by atoms with Crippen molar-refractivity contribution in [3.63, 3.8) is 0 Å². The van der Waals surface area contributed by atoms with Gasteiger partial charge in [-0.25, -0.2) is 9.97 Å². The molecular weight excluding hydrogens is 200 g/mol. The van der Waals surface area contributed by atoms with E-state index in [9.17, 15) is 0 Å². The summed E-state index contributed by atoms with van der Waals surface area (Å²) in [6.45, 7) is 7.31. The van der Waals surface area contributed by atoms with Crippen molar-refractivity contribution in [2.24, 2.45) is 0 Å². The van der Waals surface area contributed by atoms with Crippen LogP contribution in [0.4, 0.5) is 5.82 Å². The SMILES string of the molecule is CCN(CC1CCCN1)c1ccnc(C)n1. The van der Waals surface area contributed by atoms with Crippen LogP contribution in [0.5, 0.6) is 0 Å². The van der Waals surface area contributed by atoms with Gasteiger partial charge < -0.3 is 10.2 Å². The van der Waals surface area contributed by atoms with E-state index in [1.807, 2.05) is 19.2 Å². The van der Waals surface area contributed by atoms with Crippen LogP contribution in [0, 0.1) is 6.92 Å². The summed E-state index contributed by atoms with van der Waals surface area (Å²) in [7, 11) is 0. The molecule has 0 aromatic carbocycles. The molecule has 1 N–H and O–H groups in total. The third-order valence-corrected chi connectivity index (χ3v) is 3.07. The van der Waals surface area contributed by atoms with E-state index in [0.29, 0.717) is 6.04 Å². The molecule has 0 spiro atoms. The summed E-state index contributed by atoms with van der Waals surface area (Å²) < 4.78 is 0. The lowest BCUT2D eigenvalue weighted by atomic mass is 10.2. The molecule has 0 saturated carbocycles. The Kier molecular flexibility index (Phi) is 3.72. The van der Waals surface area contributed by atoms with E-state index >= 15 is 0 Å². The average Bonchev–Trinajstić information content (AvgIpc) is 2.78. The Labute approximate surface area is 97.1 Å². The second kappa shape index (κ2) is 5.25. The molecule has 4 heteroatoms. The number of nitrogens with one attached hydrogen (secondary N) is 1. The van der Waals surface area contributed by atoms with Gasteiger partial charge in [-0.3, -0.25) is 0 Å². The lowest BCUT2D eigenvalue weighted by Crippen LogP contribution is -2.38. The van der Waals surface area contributed by atoms with E-state index in [0.717, 1.165) is 31.3 Å². The maximum Gasteiger partial charge on any atom is 0.132 e. The Morgan fingerprint density at radius 3 is 3.06 bits per heavy atom. The van der Waals surface area contributed by atoms with Gasteiger partial charge in [-0.05, 0) is 39.3 Å². The molecule has 1 aromatic rings. The van der Waals surface area contributed by atoms with Crippen LogP contribution in [0.2, 0.25) is 0 Å². The first kappa shape index (κ1) is 11.3. The van der Waals surface area contributed by atoms with Crippen molar-refractivity contribution >= 4 is 5.82 Å². The monoisotopic (exact) mass is 220 g/mol. The third-order valence-electron chi connectivity index (χ3n) is 3.07. The summed E-state index contributed by atoms with van der Waals surface area (Å²) in [4.78, 5) is 10.9. The molecule has 2 rings (SSSR count).